The second-order valence-electron chi connectivity index (χ2n) is 4.44. The summed E-state index contributed by atoms with van der Waals surface area (Å²) in [6, 6.07) is 7.09. The Balaban J connectivity index is 1.98. The van der Waals surface area contributed by atoms with Gasteiger partial charge in [-0.3, -0.25) is 4.98 Å². The molecule has 1 aliphatic carbocycles. The van der Waals surface area contributed by atoms with E-state index >= 15 is 0 Å². The van der Waals surface area contributed by atoms with Crippen LogP contribution in [0.15, 0.2) is 24.5 Å². The fourth-order valence-electron chi connectivity index (χ4n) is 2.38. The van der Waals surface area contributed by atoms with Crippen LogP contribution >= 0.6 is 0 Å². The molecule has 3 atom stereocenters. The maximum absolute atomic E-state index is 9.02. The van der Waals surface area contributed by atoms with E-state index in [2.05, 4.69) is 23.3 Å². The molecule has 1 fully saturated rings. The first-order chi connectivity index (χ1) is 7.81. The molecular weight excluding hydrogens is 198 g/mol. The predicted molar refractivity (Wildman–Crippen MR) is 62.5 cm³/mol. The van der Waals surface area contributed by atoms with Crippen molar-refractivity contribution >= 4 is 0 Å². The van der Waals surface area contributed by atoms with Gasteiger partial charge in [0.05, 0.1) is 12.0 Å². The Morgan fingerprint density at radius 1 is 1.44 bits per heavy atom. The van der Waals surface area contributed by atoms with Crippen molar-refractivity contribution in [3.63, 3.8) is 0 Å². The van der Waals surface area contributed by atoms with E-state index in [0.29, 0.717) is 12.1 Å². The van der Waals surface area contributed by atoms with E-state index in [-0.39, 0.29) is 5.92 Å². The Morgan fingerprint density at radius 2 is 2.19 bits per heavy atom. The zero-order chi connectivity index (χ0) is 11.4. The molecule has 2 unspecified atom stereocenters. The van der Waals surface area contributed by atoms with E-state index < -0.39 is 0 Å². The zero-order valence-corrected chi connectivity index (χ0v) is 9.56. The van der Waals surface area contributed by atoms with Gasteiger partial charge in [0, 0.05) is 24.5 Å². The summed E-state index contributed by atoms with van der Waals surface area (Å²) in [6.07, 6.45) is 6.94. The molecule has 1 heterocycles. The van der Waals surface area contributed by atoms with Crippen LogP contribution in [-0.4, -0.2) is 11.0 Å². The van der Waals surface area contributed by atoms with Gasteiger partial charge in [-0.25, -0.2) is 0 Å². The minimum atomic E-state index is 0.185. The molecule has 1 N–H and O–H groups in total. The molecule has 0 bridgehead atoms. The third-order valence-electron chi connectivity index (χ3n) is 3.35. The maximum Gasteiger partial charge on any atom is 0.0672 e. The first kappa shape index (κ1) is 11.1. The summed E-state index contributed by atoms with van der Waals surface area (Å²) in [5.74, 6) is 0.185. The van der Waals surface area contributed by atoms with Gasteiger partial charge in [0.1, 0.15) is 0 Å². The van der Waals surface area contributed by atoms with Crippen molar-refractivity contribution in [2.45, 2.75) is 38.3 Å². The number of nitriles is 1. The Bertz CT molecular complexity index is 369. The van der Waals surface area contributed by atoms with Gasteiger partial charge < -0.3 is 5.32 Å². The molecule has 1 aromatic rings. The average Bonchev–Trinajstić information content (AvgIpc) is 2.77. The lowest BCUT2D eigenvalue weighted by Gasteiger charge is -2.21. The highest BCUT2D eigenvalue weighted by atomic mass is 15.0. The SMILES string of the molecule is C[C@@H](NC1CCCC1C#N)c1ccncc1. The topological polar surface area (TPSA) is 48.7 Å². The summed E-state index contributed by atoms with van der Waals surface area (Å²) in [6.45, 7) is 2.14. The highest BCUT2D eigenvalue weighted by Gasteiger charge is 2.27. The van der Waals surface area contributed by atoms with Crippen LogP contribution in [0.5, 0.6) is 0 Å². The molecule has 16 heavy (non-hydrogen) atoms. The van der Waals surface area contributed by atoms with Crippen molar-refractivity contribution in [2.24, 2.45) is 5.92 Å². The highest BCUT2D eigenvalue weighted by molar-refractivity contribution is 5.14. The third-order valence-corrected chi connectivity index (χ3v) is 3.35. The van der Waals surface area contributed by atoms with E-state index in [1.165, 1.54) is 12.0 Å². The maximum atomic E-state index is 9.02. The van der Waals surface area contributed by atoms with Gasteiger partial charge in [-0.05, 0) is 37.5 Å². The number of rotatable bonds is 3. The molecule has 0 amide bonds. The van der Waals surface area contributed by atoms with Crippen LogP contribution in [0.2, 0.25) is 0 Å². The highest BCUT2D eigenvalue weighted by Crippen LogP contribution is 2.27. The largest absolute Gasteiger partial charge is 0.306 e. The van der Waals surface area contributed by atoms with Crippen LogP contribution in [0.4, 0.5) is 0 Å². The lowest BCUT2D eigenvalue weighted by Crippen LogP contribution is -2.33. The molecule has 3 heteroatoms. The second-order valence-corrected chi connectivity index (χ2v) is 4.44. The fourth-order valence-corrected chi connectivity index (χ4v) is 2.38. The van der Waals surface area contributed by atoms with Gasteiger partial charge in [-0.2, -0.15) is 5.26 Å². The molecule has 2 rings (SSSR count). The average molecular weight is 215 g/mol. The minimum Gasteiger partial charge on any atom is -0.306 e. The predicted octanol–water partition coefficient (Wildman–Crippen LogP) is 2.42. The zero-order valence-electron chi connectivity index (χ0n) is 9.56. The first-order valence-electron chi connectivity index (χ1n) is 5.87. The first-order valence-corrected chi connectivity index (χ1v) is 5.87. The van der Waals surface area contributed by atoms with Gasteiger partial charge in [-0.15, -0.1) is 0 Å². The molecular formula is C13H17N3. The summed E-state index contributed by atoms with van der Waals surface area (Å²) in [5, 5.41) is 12.6. The molecule has 0 aromatic carbocycles. The number of hydrogen-bond acceptors (Lipinski definition) is 3. The van der Waals surface area contributed by atoms with Crippen molar-refractivity contribution in [1.82, 2.24) is 10.3 Å². The second kappa shape index (κ2) is 5.09. The van der Waals surface area contributed by atoms with Crippen LogP contribution < -0.4 is 5.32 Å². The van der Waals surface area contributed by atoms with Crippen LogP contribution in [-0.2, 0) is 0 Å². The molecule has 84 valence electrons. The minimum absolute atomic E-state index is 0.185. The monoisotopic (exact) mass is 215 g/mol. The summed E-state index contributed by atoms with van der Waals surface area (Å²) < 4.78 is 0. The number of pyridine rings is 1. The molecule has 0 aliphatic heterocycles. The number of nitrogens with one attached hydrogen (secondary N) is 1. The lowest BCUT2D eigenvalue weighted by atomic mass is 10.0. The molecule has 1 aliphatic rings. The number of nitrogens with zero attached hydrogens (tertiary/aromatic N) is 2. The Morgan fingerprint density at radius 3 is 2.88 bits per heavy atom. The van der Waals surface area contributed by atoms with Crippen molar-refractivity contribution in [1.29, 1.82) is 5.26 Å². The third kappa shape index (κ3) is 2.40. The van der Waals surface area contributed by atoms with Crippen LogP contribution in [0.25, 0.3) is 0 Å². The van der Waals surface area contributed by atoms with E-state index in [9.17, 15) is 0 Å². The van der Waals surface area contributed by atoms with Crippen molar-refractivity contribution in [2.75, 3.05) is 0 Å². The smallest absolute Gasteiger partial charge is 0.0672 e. The Labute approximate surface area is 96.5 Å². The van der Waals surface area contributed by atoms with Gasteiger partial charge in [-0.1, -0.05) is 6.42 Å². The summed E-state index contributed by atoms with van der Waals surface area (Å²) in [7, 11) is 0. The van der Waals surface area contributed by atoms with E-state index in [0.717, 1.165) is 12.8 Å². The van der Waals surface area contributed by atoms with E-state index in [1.807, 2.05) is 24.5 Å². The molecule has 3 nitrogen and oxygen atoms in total. The van der Waals surface area contributed by atoms with Gasteiger partial charge in [0.15, 0.2) is 0 Å². The molecule has 0 radical (unpaired) electrons. The van der Waals surface area contributed by atoms with Gasteiger partial charge >= 0.3 is 0 Å². The quantitative estimate of drug-likeness (QED) is 0.842. The summed E-state index contributed by atoms with van der Waals surface area (Å²) >= 11 is 0. The number of hydrogen-bond donors (Lipinski definition) is 1. The van der Waals surface area contributed by atoms with Crippen LogP contribution in [0.3, 0.4) is 0 Å². The van der Waals surface area contributed by atoms with Crippen LogP contribution in [0.1, 0.15) is 37.8 Å². The Kier molecular flexibility index (Phi) is 3.53. The van der Waals surface area contributed by atoms with Crippen molar-refractivity contribution < 1.29 is 0 Å². The summed E-state index contributed by atoms with van der Waals surface area (Å²) in [4.78, 5) is 4.01. The van der Waals surface area contributed by atoms with E-state index in [4.69, 9.17) is 5.26 Å². The molecule has 0 spiro atoms. The van der Waals surface area contributed by atoms with Gasteiger partial charge in [0.2, 0.25) is 0 Å². The molecule has 0 saturated heterocycles. The molecule has 1 saturated carbocycles. The fraction of sp³-hybridized carbons (Fsp3) is 0.538. The summed E-state index contributed by atoms with van der Waals surface area (Å²) in [5.41, 5.74) is 1.23. The van der Waals surface area contributed by atoms with Crippen molar-refractivity contribution in [3.05, 3.63) is 30.1 Å². The Hall–Kier alpha value is -1.40. The molecule has 1 aromatic heterocycles. The normalized spacial score (nSPS) is 26.2. The van der Waals surface area contributed by atoms with Crippen LogP contribution in [0, 0.1) is 17.2 Å². The van der Waals surface area contributed by atoms with E-state index in [1.54, 1.807) is 0 Å². The lowest BCUT2D eigenvalue weighted by molar-refractivity contribution is 0.417. The number of aromatic nitrogens is 1. The standard InChI is InChI=1S/C13H17N3/c1-10(11-5-7-15-8-6-11)16-13-4-2-3-12(13)9-14/h5-8,10,12-13,16H,2-4H2,1H3/t10-,12?,13?/m1/s1. The van der Waals surface area contributed by atoms with Crippen molar-refractivity contribution in [3.8, 4) is 6.07 Å². The van der Waals surface area contributed by atoms with Gasteiger partial charge in [0.25, 0.3) is 0 Å².